The normalized spacial score (nSPS) is 16.1. The number of carbonyl (C=O) groups excluding carboxylic acids is 2. The van der Waals surface area contributed by atoms with E-state index in [1.165, 1.54) is 25.0 Å². The number of thiocarbonyl (C=S) groups is 1. The third kappa shape index (κ3) is 4.47. The number of rotatable bonds is 6. The first-order valence-corrected chi connectivity index (χ1v) is 10.1. The molecule has 2 aromatic rings. The van der Waals surface area contributed by atoms with E-state index in [0.717, 1.165) is 11.1 Å². The Balaban J connectivity index is 2.09. The Hall–Kier alpha value is -3.72. The van der Waals surface area contributed by atoms with Gasteiger partial charge in [0, 0.05) is 5.56 Å². The molecule has 2 N–H and O–H groups in total. The summed E-state index contributed by atoms with van der Waals surface area (Å²) in [6.45, 7) is 5.15. The van der Waals surface area contributed by atoms with Gasteiger partial charge in [0.1, 0.15) is 5.57 Å². The topological polar surface area (TPSA) is 105 Å². The molecule has 1 heterocycles. The third-order valence-corrected chi connectivity index (χ3v) is 5.15. The Morgan fingerprint density at radius 1 is 1.22 bits per heavy atom. The number of hydrogen-bond donors (Lipinski definition) is 2. The van der Waals surface area contributed by atoms with Crippen molar-refractivity contribution in [1.29, 1.82) is 0 Å². The highest BCUT2D eigenvalue weighted by atomic mass is 32.1. The van der Waals surface area contributed by atoms with E-state index in [1.54, 1.807) is 24.3 Å². The number of aryl methyl sites for hydroxylation is 2. The Bertz CT molecular complexity index is 1160. The monoisotopic (exact) mass is 454 g/mol. The molecule has 0 spiro atoms. The van der Waals surface area contributed by atoms with Crippen LogP contribution in [0.15, 0.2) is 42.0 Å². The number of ether oxygens (including phenoxy) is 2. The zero-order valence-electron chi connectivity index (χ0n) is 18.0. The molecule has 0 radical (unpaired) electrons. The van der Waals surface area contributed by atoms with Crippen LogP contribution in [0.2, 0.25) is 0 Å². The van der Waals surface area contributed by atoms with Crippen molar-refractivity contribution in [3.63, 3.8) is 0 Å². The number of carboxylic acid groups (broad SMARTS) is 1. The number of para-hydroxylation sites is 1. The molecule has 1 fully saturated rings. The van der Waals surface area contributed by atoms with Crippen molar-refractivity contribution >= 4 is 46.9 Å². The molecule has 0 saturated carbocycles. The first-order valence-electron chi connectivity index (χ1n) is 9.69. The Morgan fingerprint density at radius 2 is 1.94 bits per heavy atom. The number of anilines is 1. The van der Waals surface area contributed by atoms with Crippen LogP contribution in [0.3, 0.4) is 0 Å². The zero-order chi connectivity index (χ0) is 23.6. The molecule has 2 amide bonds. The summed E-state index contributed by atoms with van der Waals surface area (Å²) in [5, 5.41) is 11.7. The van der Waals surface area contributed by atoms with Crippen molar-refractivity contribution in [3.8, 4) is 11.5 Å². The van der Waals surface area contributed by atoms with E-state index in [1.807, 2.05) is 26.0 Å². The van der Waals surface area contributed by atoms with Crippen LogP contribution >= 0.6 is 12.2 Å². The highest BCUT2D eigenvalue weighted by Crippen LogP contribution is 2.34. The number of carbonyl (C=O) groups is 3. The number of methoxy groups -OCH3 is 1. The van der Waals surface area contributed by atoms with Crippen LogP contribution in [0.25, 0.3) is 6.08 Å². The predicted molar refractivity (Wildman–Crippen MR) is 123 cm³/mol. The van der Waals surface area contributed by atoms with Gasteiger partial charge in [-0.2, -0.15) is 0 Å². The van der Waals surface area contributed by atoms with Crippen molar-refractivity contribution in [2.24, 2.45) is 0 Å². The molecular formula is C23H22N2O6S. The number of carboxylic acids is 1. The van der Waals surface area contributed by atoms with E-state index in [0.29, 0.717) is 11.3 Å². The maximum Gasteiger partial charge on any atom is 0.344 e. The molecule has 0 aromatic heterocycles. The smallest absolute Gasteiger partial charge is 0.344 e. The first kappa shape index (κ1) is 23.0. The fourth-order valence-corrected chi connectivity index (χ4v) is 3.52. The minimum Gasteiger partial charge on any atom is -0.493 e. The quantitative estimate of drug-likeness (QED) is 0.393. The van der Waals surface area contributed by atoms with Gasteiger partial charge >= 0.3 is 5.97 Å². The number of hydrogen-bond acceptors (Lipinski definition) is 6. The minimum atomic E-state index is -1.18. The van der Waals surface area contributed by atoms with E-state index in [2.05, 4.69) is 5.32 Å². The largest absolute Gasteiger partial charge is 0.493 e. The van der Waals surface area contributed by atoms with E-state index in [9.17, 15) is 19.5 Å². The van der Waals surface area contributed by atoms with Crippen LogP contribution in [0.1, 0.15) is 23.6 Å². The van der Waals surface area contributed by atoms with Gasteiger partial charge in [0.2, 0.25) is 0 Å². The fraction of sp³-hybridized carbons (Fsp3) is 0.217. The first-order chi connectivity index (χ1) is 15.1. The molecule has 9 heteroatoms. The lowest BCUT2D eigenvalue weighted by molar-refractivity contribution is -0.144. The molecule has 0 bridgehead atoms. The van der Waals surface area contributed by atoms with Crippen molar-refractivity contribution in [3.05, 3.63) is 58.7 Å². The lowest BCUT2D eigenvalue weighted by Gasteiger charge is -2.30. The summed E-state index contributed by atoms with van der Waals surface area (Å²) in [5.74, 6) is -2.08. The second kappa shape index (κ2) is 9.19. The SMILES string of the molecule is COc1cccc(/C=C2\C(=O)NC(=S)N(c3ccc(C)cc3C)C2=O)c1O[C@H](C)C(=O)O. The zero-order valence-corrected chi connectivity index (χ0v) is 18.8. The van der Waals surface area contributed by atoms with Gasteiger partial charge in [-0.25, -0.2) is 4.79 Å². The second-order valence-corrected chi connectivity index (χ2v) is 7.61. The molecule has 1 saturated heterocycles. The molecule has 1 aliphatic heterocycles. The number of nitrogens with one attached hydrogen (secondary N) is 1. The van der Waals surface area contributed by atoms with Gasteiger partial charge in [0.05, 0.1) is 12.8 Å². The number of aliphatic carboxylic acids is 1. The molecule has 166 valence electrons. The summed E-state index contributed by atoms with van der Waals surface area (Å²) in [5.41, 5.74) is 2.52. The van der Waals surface area contributed by atoms with Crippen molar-refractivity contribution in [2.45, 2.75) is 26.9 Å². The summed E-state index contributed by atoms with van der Waals surface area (Å²) in [6, 6.07) is 10.3. The van der Waals surface area contributed by atoms with E-state index in [4.69, 9.17) is 21.7 Å². The number of nitrogens with zero attached hydrogens (tertiary/aromatic N) is 1. The average molecular weight is 455 g/mol. The van der Waals surface area contributed by atoms with Crippen LogP contribution in [-0.2, 0) is 14.4 Å². The molecular weight excluding hydrogens is 432 g/mol. The molecule has 2 aromatic carbocycles. The van der Waals surface area contributed by atoms with Gasteiger partial charge < -0.3 is 14.6 Å². The van der Waals surface area contributed by atoms with Crippen LogP contribution in [0.5, 0.6) is 11.5 Å². The van der Waals surface area contributed by atoms with Gasteiger partial charge in [-0.3, -0.25) is 19.8 Å². The summed E-state index contributed by atoms with van der Waals surface area (Å²) in [4.78, 5) is 38.5. The number of benzene rings is 2. The Kier molecular flexibility index (Phi) is 6.59. The minimum absolute atomic E-state index is 0.0225. The molecule has 32 heavy (non-hydrogen) atoms. The van der Waals surface area contributed by atoms with Crippen molar-refractivity contribution in [1.82, 2.24) is 5.32 Å². The van der Waals surface area contributed by atoms with Crippen molar-refractivity contribution < 1.29 is 29.0 Å². The number of amides is 2. The molecule has 0 aliphatic carbocycles. The molecule has 1 atom stereocenters. The third-order valence-electron chi connectivity index (χ3n) is 4.87. The Morgan fingerprint density at radius 3 is 2.56 bits per heavy atom. The van der Waals surface area contributed by atoms with Gasteiger partial charge in [-0.15, -0.1) is 0 Å². The van der Waals surface area contributed by atoms with Crippen molar-refractivity contribution in [2.75, 3.05) is 12.0 Å². The van der Waals surface area contributed by atoms with E-state index in [-0.39, 0.29) is 22.2 Å². The maximum atomic E-state index is 13.3. The molecule has 1 aliphatic rings. The fourth-order valence-electron chi connectivity index (χ4n) is 3.25. The molecule has 3 rings (SSSR count). The highest BCUT2D eigenvalue weighted by Gasteiger charge is 2.35. The molecule has 8 nitrogen and oxygen atoms in total. The Labute approximate surface area is 190 Å². The van der Waals surface area contributed by atoms with Gasteiger partial charge in [0.15, 0.2) is 22.7 Å². The van der Waals surface area contributed by atoms with Gasteiger partial charge in [-0.1, -0.05) is 29.8 Å². The van der Waals surface area contributed by atoms with Gasteiger partial charge in [0.25, 0.3) is 11.8 Å². The summed E-state index contributed by atoms with van der Waals surface area (Å²) in [6.07, 6.45) is 0.154. The van der Waals surface area contributed by atoms with E-state index >= 15 is 0 Å². The summed E-state index contributed by atoms with van der Waals surface area (Å²) in [7, 11) is 1.41. The van der Waals surface area contributed by atoms with Crippen LogP contribution in [0, 0.1) is 13.8 Å². The second-order valence-electron chi connectivity index (χ2n) is 7.22. The van der Waals surface area contributed by atoms with E-state index < -0.39 is 23.9 Å². The maximum absolute atomic E-state index is 13.3. The van der Waals surface area contributed by atoms with Crippen LogP contribution in [0.4, 0.5) is 5.69 Å². The van der Waals surface area contributed by atoms with Crippen LogP contribution in [-0.4, -0.2) is 41.2 Å². The lowest BCUT2D eigenvalue weighted by atomic mass is 10.0. The van der Waals surface area contributed by atoms with Crippen LogP contribution < -0.4 is 19.7 Å². The summed E-state index contributed by atoms with van der Waals surface area (Å²) >= 11 is 5.26. The lowest BCUT2D eigenvalue weighted by Crippen LogP contribution is -2.54. The summed E-state index contributed by atoms with van der Waals surface area (Å²) < 4.78 is 10.8. The van der Waals surface area contributed by atoms with Gasteiger partial charge in [-0.05, 0) is 56.8 Å². The standard InChI is InChI=1S/C23H22N2O6S/c1-12-8-9-17(13(2)10-12)25-21(27)16(20(26)24-23(25)32)11-15-6-5-7-18(30-4)19(15)31-14(3)22(28)29/h5-11,14H,1-4H3,(H,28,29)(H,24,26,32)/b16-11+/t14-/m1/s1. The predicted octanol–water partition coefficient (Wildman–Crippen LogP) is 3.00. The highest BCUT2D eigenvalue weighted by molar-refractivity contribution is 7.80. The average Bonchev–Trinajstić information content (AvgIpc) is 2.73. The molecule has 0 unspecified atom stereocenters.